The van der Waals surface area contributed by atoms with E-state index >= 15 is 0 Å². The standard InChI is InChI=1S/C21H24N4O3/c1-24(15-19-22-23-20(28-19)16-7-3-2-4-8-16)21(26)17-9-5-11-25(13-17)14-18-10-6-12-27-18/h2-4,6-8,10,12,17H,5,9,11,13-15H2,1H3. The molecule has 3 heterocycles. The van der Waals surface area contributed by atoms with E-state index in [1.54, 1.807) is 18.2 Å². The first-order valence-electron chi connectivity index (χ1n) is 9.56. The normalized spacial score (nSPS) is 17.5. The van der Waals surface area contributed by atoms with E-state index < -0.39 is 0 Å². The summed E-state index contributed by atoms with van der Waals surface area (Å²) in [6.45, 7) is 2.78. The van der Waals surface area contributed by atoms with Crippen LogP contribution in [-0.2, 0) is 17.9 Å². The zero-order valence-corrected chi connectivity index (χ0v) is 16.0. The molecule has 4 rings (SSSR count). The number of likely N-dealkylation sites (tertiary alicyclic amines) is 1. The smallest absolute Gasteiger partial charge is 0.247 e. The molecule has 1 saturated heterocycles. The highest BCUT2D eigenvalue weighted by Crippen LogP contribution is 2.22. The molecule has 0 radical (unpaired) electrons. The molecule has 0 aliphatic carbocycles. The second kappa shape index (κ2) is 8.39. The van der Waals surface area contributed by atoms with Crippen LogP contribution in [0.5, 0.6) is 0 Å². The van der Waals surface area contributed by atoms with Gasteiger partial charge < -0.3 is 13.7 Å². The van der Waals surface area contributed by atoms with Gasteiger partial charge in [-0.25, -0.2) is 0 Å². The molecule has 1 atom stereocenters. The average molecular weight is 380 g/mol. The highest BCUT2D eigenvalue weighted by molar-refractivity contribution is 5.78. The number of benzene rings is 1. The summed E-state index contributed by atoms with van der Waals surface area (Å²) in [5.74, 6) is 1.94. The van der Waals surface area contributed by atoms with Gasteiger partial charge >= 0.3 is 0 Å². The lowest BCUT2D eigenvalue weighted by atomic mass is 9.96. The molecule has 0 N–H and O–H groups in total. The molecule has 1 aliphatic rings. The number of rotatable bonds is 6. The van der Waals surface area contributed by atoms with Crippen LogP contribution in [0.15, 0.2) is 57.6 Å². The third-order valence-electron chi connectivity index (χ3n) is 5.05. The molecule has 1 unspecified atom stereocenters. The van der Waals surface area contributed by atoms with E-state index in [0.29, 0.717) is 18.3 Å². The highest BCUT2D eigenvalue weighted by Gasteiger charge is 2.29. The molecule has 2 aromatic heterocycles. The Morgan fingerprint density at radius 2 is 2.07 bits per heavy atom. The summed E-state index contributed by atoms with van der Waals surface area (Å²) < 4.78 is 11.2. The minimum atomic E-state index is -0.0229. The molecule has 1 aliphatic heterocycles. The third kappa shape index (κ3) is 4.31. The van der Waals surface area contributed by atoms with Crippen molar-refractivity contribution in [3.05, 3.63) is 60.4 Å². The molecule has 1 aromatic carbocycles. The lowest BCUT2D eigenvalue weighted by Crippen LogP contribution is -2.43. The molecule has 0 bridgehead atoms. The first kappa shape index (κ1) is 18.4. The van der Waals surface area contributed by atoms with Crippen molar-refractivity contribution in [1.29, 1.82) is 0 Å². The van der Waals surface area contributed by atoms with Gasteiger partial charge in [0.15, 0.2) is 0 Å². The SMILES string of the molecule is CN(Cc1nnc(-c2ccccc2)o1)C(=O)C1CCCN(Cc2ccco2)C1. The number of piperidine rings is 1. The number of hydrogen-bond acceptors (Lipinski definition) is 6. The van der Waals surface area contributed by atoms with Crippen LogP contribution in [0.4, 0.5) is 0 Å². The van der Waals surface area contributed by atoms with E-state index in [0.717, 1.165) is 43.8 Å². The fourth-order valence-corrected chi connectivity index (χ4v) is 3.63. The van der Waals surface area contributed by atoms with Crippen molar-refractivity contribution in [1.82, 2.24) is 20.0 Å². The van der Waals surface area contributed by atoms with E-state index in [1.807, 2.05) is 42.5 Å². The van der Waals surface area contributed by atoms with Crippen LogP contribution in [0.3, 0.4) is 0 Å². The zero-order valence-electron chi connectivity index (χ0n) is 16.0. The first-order chi connectivity index (χ1) is 13.7. The minimum Gasteiger partial charge on any atom is -0.468 e. The molecule has 146 valence electrons. The Morgan fingerprint density at radius 1 is 1.21 bits per heavy atom. The third-order valence-corrected chi connectivity index (χ3v) is 5.05. The maximum absolute atomic E-state index is 12.9. The summed E-state index contributed by atoms with van der Waals surface area (Å²) in [7, 11) is 1.79. The van der Waals surface area contributed by atoms with Gasteiger partial charge in [0.2, 0.25) is 17.7 Å². The van der Waals surface area contributed by atoms with E-state index in [4.69, 9.17) is 8.83 Å². The first-order valence-corrected chi connectivity index (χ1v) is 9.56. The number of nitrogens with zero attached hydrogens (tertiary/aromatic N) is 4. The van der Waals surface area contributed by atoms with Crippen LogP contribution >= 0.6 is 0 Å². The number of carbonyl (C=O) groups excluding carboxylic acids is 1. The van der Waals surface area contributed by atoms with Crippen molar-refractivity contribution in [3.8, 4) is 11.5 Å². The van der Waals surface area contributed by atoms with Crippen LogP contribution < -0.4 is 0 Å². The Bertz CT molecular complexity index is 892. The van der Waals surface area contributed by atoms with Gasteiger partial charge in [-0.2, -0.15) is 0 Å². The van der Waals surface area contributed by atoms with Crippen molar-refractivity contribution in [2.45, 2.75) is 25.9 Å². The Balaban J connectivity index is 1.35. The Labute approximate surface area is 164 Å². The van der Waals surface area contributed by atoms with Gasteiger partial charge in [0.25, 0.3) is 0 Å². The molecule has 0 spiro atoms. The predicted molar refractivity (Wildman–Crippen MR) is 103 cm³/mol. The quantitative estimate of drug-likeness (QED) is 0.654. The highest BCUT2D eigenvalue weighted by atomic mass is 16.4. The van der Waals surface area contributed by atoms with Crippen LogP contribution in [0.2, 0.25) is 0 Å². The van der Waals surface area contributed by atoms with E-state index in [2.05, 4.69) is 15.1 Å². The van der Waals surface area contributed by atoms with Crippen molar-refractivity contribution in [2.24, 2.45) is 5.92 Å². The lowest BCUT2D eigenvalue weighted by Gasteiger charge is -2.33. The number of aromatic nitrogens is 2. The van der Waals surface area contributed by atoms with Gasteiger partial charge in [-0.1, -0.05) is 18.2 Å². The summed E-state index contributed by atoms with van der Waals surface area (Å²) in [4.78, 5) is 16.9. The number of furan rings is 1. The van der Waals surface area contributed by atoms with Crippen LogP contribution in [0, 0.1) is 5.92 Å². The fourth-order valence-electron chi connectivity index (χ4n) is 3.63. The molecular weight excluding hydrogens is 356 g/mol. The maximum Gasteiger partial charge on any atom is 0.247 e. The zero-order chi connectivity index (χ0) is 19.3. The second-order valence-electron chi connectivity index (χ2n) is 7.21. The Morgan fingerprint density at radius 3 is 2.86 bits per heavy atom. The number of amides is 1. The lowest BCUT2D eigenvalue weighted by molar-refractivity contribution is -0.137. The summed E-state index contributed by atoms with van der Waals surface area (Å²) in [5.41, 5.74) is 0.871. The fraction of sp³-hybridized carbons (Fsp3) is 0.381. The van der Waals surface area contributed by atoms with Crippen LogP contribution in [0.1, 0.15) is 24.5 Å². The monoisotopic (exact) mass is 380 g/mol. The van der Waals surface area contributed by atoms with Crippen LogP contribution in [0.25, 0.3) is 11.5 Å². The van der Waals surface area contributed by atoms with Crippen molar-refractivity contribution < 1.29 is 13.6 Å². The molecule has 1 amide bonds. The summed E-state index contributed by atoms with van der Waals surface area (Å²) >= 11 is 0. The van der Waals surface area contributed by atoms with E-state index in [-0.39, 0.29) is 11.8 Å². The second-order valence-corrected chi connectivity index (χ2v) is 7.21. The van der Waals surface area contributed by atoms with Gasteiger partial charge in [0.05, 0.1) is 25.3 Å². The van der Waals surface area contributed by atoms with Gasteiger partial charge in [-0.05, 0) is 43.7 Å². The molecule has 28 heavy (non-hydrogen) atoms. The summed E-state index contributed by atoms with van der Waals surface area (Å²) in [6, 6.07) is 13.5. The predicted octanol–water partition coefficient (Wildman–Crippen LogP) is 3.20. The molecular formula is C21H24N4O3. The summed E-state index contributed by atoms with van der Waals surface area (Å²) in [6.07, 6.45) is 3.59. The van der Waals surface area contributed by atoms with Gasteiger partial charge in [-0.3, -0.25) is 9.69 Å². The van der Waals surface area contributed by atoms with E-state index in [1.165, 1.54) is 0 Å². The Hall–Kier alpha value is -2.93. The minimum absolute atomic E-state index is 0.0229. The number of carbonyl (C=O) groups is 1. The molecule has 1 fully saturated rings. The van der Waals surface area contributed by atoms with Gasteiger partial charge in [0, 0.05) is 19.2 Å². The van der Waals surface area contributed by atoms with Crippen LogP contribution in [-0.4, -0.2) is 46.0 Å². The van der Waals surface area contributed by atoms with Gasteiger partial charge in [-0.15, -0.1) is 10.2 Å². The average Bonchev–Trinajstić information content (AvgIpc) is 3.40. The van der Waals surface area contributed by atoms with E-state index in [9.17, 15) is 4.79 Å². The maximum atomic E-state index is 12.9. The molecule has 0 saturated carbocycles. The number of hydrogen-bond donors (Lipinski definition) is 0. The topological polar surface area (TPSA) is 75.6 Å². The Kier molecular flexibility index (Phi) is 5.53. The van der Waals surface area contributed by atoms with Gasteiger partial charge in [0.1, 0.15) is 5.76 Å². The largest absolute Gasteiger partial charge is 0.468 e. The van der Waals surface area contributed by atoms with Crippen molar-refractivity contribution in [3.63, 3.8) is 0 Å². The van der Waals surface area contributed by atoms with Crippen molar-refractivity contribution in [2.75, 3.05) is 20.1 Å². The molecule has 7 heteroatoms. The molecule has 3 aromatic rings. The van der Waals surface area contributed by atoms with Crippen molar-refractivity contribution >= 4 is 5.91 Å². The molecule has 7 nitrogen and oxygen atoms in total. The summed E-state index contributed by atoms with van der Waals surface area (Å²) in [5, 5.41) is 8.18.